The van der Waals surface area contributed by atoms with Gasteiger partial charge in [-0.05, 0) is 22.9 Å². The van der Waals surface area contributed by atoms with Crippen molar-refractivity contribution >= 4 is 11.1 Å². The summed E-state index contributed by atoms with van der Waals surface area (Å²) >= 11 is 0. The van der Waals surface area contributed by atoms with E-state index in [4.69, 9.17) is 15.1 Å². The normalized spacial score (nSPS) is 11.2. The molecule has 0 bridgehead atoms. The lowest BCUT2D eigenvalue weighted by Crippen LogP contribution is -1.92. The molecule has 0 aliphatic rings. The third-order valence-electron chi connectivity index (χ3n) is 1.82. The third kappa shape index (κ3) is 1.96. The lowest BCUT2D eigenvalue weighted by atomic mass is 10.2. The second-order valence-electron chi connectivity index (χ2n) is 2.82. The van der Waals surface area contributed by atoms with E-state index >= 15 is 0 Å². The van der Waals surface area contributed by atoms with Crippen molar-refractivity contribution in [3.8, 4) is 0 Å². The first-order valence-electron chi connectivity index (χ1n) is 4.13. The van der Waals surface area contributed by atoms with Gasteiger partial charge in [-0.15, -0.1) is 0 Å². The van der Waals surface area contributed by atoms with Gasteiger partial charge in [0.2, 0.25) is 0 Å². The lowest BCUT2D eigenvalue weighted by Gasteiger charge is -1.97. The maximum atomic E-state index is 10.9. The molecule has 3 N–H and O–H groups in total. The van der Waals surface area contributed by atoms with Crippen molar-refractivity contribution in [2.24, 2.45) is 16.3 Å². The number of hydrogen-bond acceptors (Lipinski definition) is 5. The van der Waals surface area contributed by atoms with Gasteiger partial charge in [0.05, 0.1) is 5.52 Å². The summed E-state index contributed by atoms with van der Waals surface area (Å²) in [5.74, 6) is 4.27. The molecule has 1 heterocycles. The zero-order valence-corrected chi connectivity index (χ0v) is 7.64. The molecule has 1 aromatic heterocycles. The van der Waals surface area contributed by atoms with Crippen LogP contribution in [0.2, 0.25) is 0 Å². The predicted octanol–water partition coefficient (Wildman–Crippen LogP) is 0.879. The Morgan fingerprint density at radius 2 is 2.40 bits per heavy atom. The number of rotatable bonds is 3. The summed E-state index contributed by atoms with van der Waals surface area (Å²) in [4.78, 5) is 18.1. The van der Waals surface area contributed by atoms with Crippen molar-refractivity contribution in [1.29, 1.82) is 0 Å². The largest absolute Gasteiger partial charge is 0.417 e. The zero-order valence-electron chi connectivity index (χ0n) is 7.64. The Morgan fingerprint density at radius 1 is 1.53 bits per heavy atom. The molecule has 78 valence electrons. The van der Waals surface area contributed by atoms with Gasteiger partial charge >= 0.3 is 5.76 Å². The lowest BCUT2D eigenvalue weighted by molar-refractivity contribution is 0.108. The monoisotopic (exact) mass is 208 g/mol. The van der Waals surface area contributed by atoms with E-state index in [1.165, 1.54) is 0 Å². The zero-order chi connectivity index (χ0) is 10.7. The summed E-state index contributed by atoms with van der Waals surface area (Å²) in [7, 11) is 0. The Hall–Kier alpha value is -2.31. The number of oxazole rings is 1. The summed E-state index contributed by atoms with van der Waals surface area (Å²) in [5, 5.41) is 6.10. The van der Waals surface area contributed by atoms with Crippen LogP contribution in [0, 0.1) is 0 Å². The Labute approximate surface area is 83.5 Å². The molecular formula is C8H8N4O3. The van der Waals surface area contributed by atoms with Gasteiger partial charge in [-0.1, -0.05) is 6.07 Å². The standard InChI is InChI=1S/C8H8N4O3/c9-11-12-14-4-5-1-2-6-7(3-5)15-8(13)10-6/h1-3H,4H2,(H2,9,12)(H,10,13). The van der Waals surface area contributed by atoms with E-state index in [-0.39, 0.29) is 6.61 Å². The van der Waals surface area contributed by atoms with E-state index < -0.39 is 5.76 Å². The molecule has 0 fully saturated rings. The van der Waals surface area contributed by atoms with Crippen LogP contribution >= 0.6 is 0 Å². The van der Waals surface area contributed by atoms with Crippen LogP contribution in [-0.4, -0.2) is 4.98 Å². The number of nitrogens with zero attached hydrogens (tertiary/aromatic N) is 2. The van der Waals surface area contributed by atoms with Gasteiger partial charge in [0.25, 0.3) is 0 Å². The minimum Gasteiger partial charge on any atom is -0.408 e. The molecule has 0 atom stereocenters. The van der Waals surface area contributed by atoms with Crippen LogP contribution in [0.1, 0.15) is 5.56 Å². The Bertz CT molecular complexity index is 542. The highest BCUT2D eigenvalue weighted by Gasteiger charge is 2.02. The van der Waals surface area contributed by atoms with Gasteiger partial charge in [0, 0.05) is 5.28 Å². The van der Waals surface area contributed by atoms with Crippen molar-refractivity contribution < 1.29 is 9.25 Å². The first-order valence-corrected chi connectivity index (χ1v) is 4.13. The van der Waals surface area contributed by atoms with Gasteiger partial charge in [-0.2, -0.15) is 0 Å². The molecule has 0 saturated heterocycles. The second-order valence-corrected chi connectivity index (χ2v) is 2.82. The van der Waals surface area contributed by atoms with Crippen molar-refractivity contribution in [2.45, 2.75) is 6.61 Å². The van der Waals surface area contributed by atoms with Crippen LogP contribution in [0.15, 0.2) is 37.9 Å². The van der Waals surface area contributed by atoms with Crippen LogP contribution in [0.25, 0.3) is 11.1 Å². The smallest absolute Gasteiger partial charge is 0.408 e. The van der Waals surface area contributed by atoms with Crippen LogP contribution in [0.3, 0.4) is 0 Å². The maximum absolute atomic E-state index is 10.9. The molecule has 7 nitrogen and oxygen atoms in total. The number of H-pyrrole nitrogens is 1. The molecular weight excluding hydrogens is 200 g/mol. The molecule has 15 heavy (non-hydrogen) atoms. The van der Waals surface area contributed by atoms with Gasteiger partial charge in [-0.3, -0.25) is 4.98 Å². The van der Waals surface area contributed by atoms with Crippen LogP contribution < -0.4 is 11.6 Å². The quantitative estimate of drug-likeness (QED) is 0.443. The first kappa shape index (κ1) is 9.25. The summed E-state index contributed by atoms with van der Waals surface area (Å²) in [5.41, 5.74) is 1.92. The summed E-state index contributed by atoms with van der Waals surface area (Å²) in [6, 6.07) is 5.18. The third-order valence-corrected chi connectivity index (χ3v) is 1.82. The topological polar surface area (TPSA) is 106 Å². The minimum atomic E-state index is -0.482. The van der Waals surface area contributed by atoms with Gasteiger partial charge < -0.3 is 15.1 Å². The van der Waals surface area contributed by atoms with Crippen LogP contribution in [-0.2, 0) is 11.4 Å². The summed E-state index contributed by atoms with van der Waals surface area (Å²) < 4.78 is 4.87. The molecule has 0 radical (unpaired) electrons. The van der Waals surface area contributed by atoms with E-state index in [1.54, 1.807) is 18.2 Å². The molecule has 0 saturated carbocycles. The van der Waals surface area contributed by atoms with Crippen LogP contribution in [0.5, 0.6) is 0 Å². The van der Waals surface area contributed by atoms with E-state index in [0.717, 1.165) is 5.56 Å². The molecule has 0 amide bonds. The highest BCUT2D eigenvalue weighted by Crippen LogP contribution is 2.12. The average Bonchev–Trinajstić information content (AvgIpc) is 2.57. The molecule has 1 aromatic carbocycles. The molecule has 0 spiro atoms. The minimum absolute atomic E-state index is 0.214. The van der Waals surface area contributed by atoms with Gasteiger partial charge in [0.15, 0.2) is 5.58 Å². The Balaban J connectivity index is 2.26. The molecule has 2 rings (SSSR count). The van der Waals surface area contributed by atoms with Crippen molar-refractivity contribution in [3.63, 3.8) is 0 Å². The number of benzene rings is 1. The molecule has 0 unspecified atom stereocenters. The molecule has 7 heteroatoms. The number of hydrogen-bond donors (Lipinski definition) is 2. The SMILES string of the molecule is NN=NOCc1ccc2[nH]c(=O)oc2c1. The molecule has 2 aromatic rings. The fourth-order valence-electron chi connectivity index (χ4n) is 1.22. The molecule has 0 aliphatic heterocycles. The Kier molecular flexibility index (Phi) is 2.36. The van der Waals surface area contributed by atoms with E-state index in [9.17, 15) is 4.79 Å². The van der Waals surface area contributed by atoms with Crippen molar-refractivity contribution in [3.05, 3.63) is 34.3 Å². The number of fused-ring (bicyclic) bond motifs is 1. The first-order chi connectivity index (χ1) is 7.29. The highest BCUT2D eigenvalue weighted by atomic mass is 16.6. The highest BCUT2D eigenvalue weighted by molar-refractivity contribution is 5.72. The Morgan fingerprint density at radius 3 is 3.20 bits per heavy atom. The predicted molar refractivity (Wildman–Crippen MR) is 50.7 cm³/mol. The van der Waals surface area contributed by atoms with E-state index in [1.807, 2.05) is 0 Å². The maximum Gasteiger partial charge on any atom is 0.417 e. The van der Waals surface area contributed by atoms with Gasteiger partial charge in [0.1, 0.15) is 6.61 Å². The average molecular weight is 208 g/mol. The number of nitrogens with two attached hydrogens (primary N) is 1. The summed E-state index contributed by atoms with van der Waals surface area (Å²) in [6.45, 7) is 0.214. The van der Waals surface area contributed by atoms with E-state index in [0.29, 0.717) is 11.1 Å². The number of aromatic amines is 1. The van der Waals surface area contributed by atoms with E-state index in [2.05, 4.69) is 15.5 Å². The number of aromatic nitrogens is 1. The fraction of sp³-hybridized carbons (Fsp3) is 0.125. The van der Waals surface area contributed by atoms with Crippen LogP contribution in [0.4, 0.5) is 0 Å². The second kappa shape index (κ2) is 3.82. The molecule has 0 aliphatic carbocycles. The van der Waals surface area contributed by atoms with Crippen molar-refractivity contribution in [1.82, 2.24) is 4.98 Å². The summed E-state index contributed by atoms with van der Waals surface area (Å²) in [6.07, 6.45) is 0. The fourth-order valence-corrected chi connectivity index (χ4v) is 1.22. The van der Waals surface area contributed by atoms with Crippen molar-refractivity contribution in [2.75, 3.05) is 0 Å². The number of nitrogens with one attached hydrogen (secondary N) is 1. The van der Waals surface area contributed by atoms with Gasteiger partial charge in [-0.25, -0.2) is 4.79 Å².